The van der Waals surface area contributed by atoms with Crippen LogP contribution in [0, 0.1) is 12.3 Å². The van der Waals surface area contributed by atoms with Crippen molar-refractivity contribution in [1.29, 1.82) is 0 Å². The Morgan fingerprint density at radius 1 is 1.67 bits per heavy atom. The van der Waals surface area contributed by atoms with Crippen LogP contribution < -0.4 is 10.6 Å². The molecule has 0 aromatic carbocycles. The van der Waals surface area contributed by atoms with Crippen molar-refractivity contribution in [2.45, 2.75) is 0 Å². The lowest BCUT2D eigenvalue weighted by molar-refractivity contribution is 0.918. The Morgan fingerprint density at radius 3 is 2.75 bits per heavy atom. The van der Waals surface area contributed by atoms with Crippen LogP contribution in [0.1, 0.15) is 0 Å². The number of nitrogens with zero attached hydrogens (tertiary/aromatic N) is 1. The highest BCUT2D eigenvalue weighted by atomic mass is 79.9. The van der Waals surface area contributed by atoms with Crippen LogP contribution in [0.15, 0.2) is 16.1 Å². The molecule has 0 bridgehead atoms. The van der Waals surface area contributed by atoms with Gasteiger partial charge >= 0.3 is 0 Å². The third kappa shape index (κ3) is 5.81. The molecule has 0 aliphatic heterocycles. The van der Waals surface area contributed by atoms with Crippen molar-refractivity contribution in [2.24, 2.45) is 4.99 Å². The van der Waals surface area contributed by atoms with Gasteiger partial charge in [-0.3, -0.25) is 4.99 Å². The molecule has 2 N–H and O–H groups in total. The van der Waals surface area contributed by atoms with Crippen molar-refractivity contribution < 1.29 is 0 Å². The zero-order valence-electron chi connectivity index (χ0n) is 7.02. The van der Waals surface area contributed by atoms with Crippen molar-refractivity contribution in [3.8, 4) is 12.3 Å². The maximum atomic E-state index is 5.07. The number of halogens is 1. The maximum Gasteiger partial charge on any atom is 0.192 e. The molecule has 0 aliphatic rings. The second-order valence-electron chi connectivity index (χ2n) is 2.00. The van der Waals surface area contributed by atoms with E-state index in [4.69, 9.17) is 6.42 Å². The van der Waals surface area contributed by atoms with E-state index in [1.807, 2.05) is 0 Å². The molecule has 0 atom stereocenters. The minimum absolute atomic E-state index is 0.467. The van der Waals surface area contributed by atoms with E-state index >= 15 is 0 Å². The van der Waals surface area contributed by atoms with Gasteiger partial charge < -0.3 is 10.6 Å². The van der Waals surface area contributed by atoms with Crippen LogP contribution in [0.3, 0.4) is 0 Å². The quantitative estimate of drug-likeness (QED) is 0.425. The zero-order valence-corrected chi connectivity index (χ0v) is 8.61. The van der Waals surface area contributed by atoms with Gasteiger partial charge in [-0.1, -0.05) is 28.4 Å². The van der Waals surface area contributed by atoms with Crippen molar-refractivity contribution in [3.63, 3.8) is 0 Å². The SMILES string of the molecule is C#CCNC(=NC)NCC(=C)Br. The molecule has 0 fully saturated rings. The van der Waals surface area contributed by atoms with E-state index in [-0.39, 0.29) is 0 Å². The first kappa shape index (κ1) is 11.1. The molecule has 0 amide bonds. The number of hydrogen-bond acceptors (Lipinski definition) is 1. The molecule has 0 aromatic heterocycles. The highest BCUT2D eigenvalue weighted by Crippen LogP contribution is 1.95. The first-order valence-corrected chi connectivity index (χ1v) is 4.21. The summed E-state index contributed by atoms with van der Waals surface area (Å²) >= 11 is 3.22. The van der Waals surface area contributed by atoms with E-state index in [0.717, 1.165) is 4.48 Å². The van der Waals surface area contributed by atoms with Gasteiger partial charge in [0.2, 0.25) is 0 Å². The molecule has 0 rings (SSSR count). The summed E-state index contributed by atoms with van der Waals surface area (Å²) in [5.41, 5.74) is 0. The first-order valence-electron chi connectivity index (χ1n) is 3.42. The van der Waals surface area contributed by atoms with Gasteiger partial charge in [-0.15, -0.1) is 6.42 Å². The molecule has 3 nitrogen and oxygen atoms in total. The Balaban J connectivity index is 3.71. The molecule has 0 heterocycles. The molecule has 0 unspecified atom stereocenters. The molecule has 0 aliphatic carbocycles. The van der Waals surface area contributed by atoms with E-state index < -0.39 is 0 Å². The fourth-order valence-electron chi connectivity index (χ4n) is 0.535. The number of aliphatic imine (C=N–C) groups is 1. The second-order valence-corrected chi connectivity index (χ2v) is 3.12. The van der Waals surface area contributed by atoms with Crippen LogP contribution in [0.4, 0.5) is 0 Å². The number of hydrogen-bond donors (Lipinski definition) is 2. The molecule has 66 valence electrons. The maximum absolute atomic E-state index is 5.07. The molecular formula is C8H12BrN3. The highest BCUT2D eigenvalue weighted by molar-refractivity contribution is 9.11. The van der Waals surface area contributed by atoms with Crippen molar-refractivity contribution in [1.82, 2.24) is 10.6 Å². The van der Waals surface area contributed by atoms with E-state index in [1.54, 1.807) is 7.05 Å². The number of rotatable bonds is 3. The van der Waals surface area contributed by atoms with Gasteiger partial charge in [0.05, 0.1) is 6.54 Å². The third-order valence-electron chi connectivity index (χ3n) is 1.03. The first-order chi connectivity index (χ1) is 5.70. The molecule has 0 spiro atoms. The summed E-state index contributed by atoms with van der Waals surface area (Å²) in [5.74, 6) is 3.13. The monoisotopic (exact) mass is 229 g/mol. The van der Waals surface area contributed by atoms with Crippen molar-refractivity contribution >= 4 is 21.9 Å². The summed E-state index contributed by atoms with van der Waals surface area (Å²) in [6, 6.07) is 0. The number of nitrogens with one attached hydrogen (secondary N) is 2. The summed E-state index contributed by atoms with van der Waals surface area (Å²) in [5, 5.41) is 5.92. The van der Waals surface area contributed by atoms with Gasteiger partial charge in [-0.2, -0.15) is 0 Å². The fraction of sp³-hybridized carbons (Fsp3) is 0.375. The Bertz CT molecular complexity index is 215. The highest BCUT2D eigenvalue weighted by Gasteiger charge is 1.93. The Morgan fingerprint density at radius 2 is 2.33 bits per heavy atom. The zero-order chi connectivity index (χ0) is 9.40. The summed E-state index contributed by atoms with van der Waals surface area (Å²) in [4.78, 5) is 3.93. The normalized spacial score (nSPS) is 10.2. The van der Waals surface area contributed by atoms with Gasteiger partial charge in [-0.25, -0.2) is 0 Å². The topological polar surface area (TPSA) is 36.4 Å². The smallest absolute Gasteiger partial charge is 0.192 e. The molecule has 0 saturated heterocycles. The Kier molecular flexibility index (Phi) is 6.21. The third-order valence-corrected chi connectivity index (χ3v) is 1.31. The lowest BCUT2D eigenvalue weighted by atomic mass is 10.6. The van der Waals surface area contributed by atoms with Gasteiger partial charge in [0.15, 0.2) is 5.96 Å². The Labute approximate surface area is 81.5 Å². The molecule has 0 aromatic rings. The summed E-state index contributed by atoms with van der Waals surface area (Å²) < 4.78 is 0.867. The Hall–Kier alpha value is -0.950. The van der Waals surface area contributed by atoms with E-state index in [1.165, 1.54) is 0 Å². The number of terminal acetylenes is 1. The van der Waals surface area contributed by atoms with Crippen LogP contribution in [0.2, 0.25) is 0 Å². The van der Waals surface area contributed by atoms with E-state index in [2.05, 4.69) is 44.1 Å². The molecule has 0 radical (unpaired) electrons. The lowest BCUT2D eigenvalue weighted by Crippen LogP contribution is -2.37. The van der Waals surface area contributed by atoms with Crippen LogP contribution in [0.5, 0.6) is 0 Å². The van der Waals surface area contributed by atoms with Crippen LogP contribution in [0.25, 0.3) is 0 Å². The van der Waals surface area contributed by atoms with Crippen LogP contribution in [-0.4, -0.2) is 26.1 Å². The van der Waals surface area contributed by atoms with Crippen LogP contribution in [-0.2, 0) is 0 Å². The second kappa shape index (κ2) is 6.74. The van der Waals surface area contributed by atoms with Gasteiger partial charge in [0, 0.05) is 18.1 Å². The lowest BCUT2D eigenvalue weighted by Gasteiger charge is -2.08. The van der Waals surface area contributed by atoms with Crippen LogP contribution >= 0.6 is 15.9 Å². The predicted octanol–water partition coefficient (Wildman–Crippen LogP) is 0.693. The minimum atomic E-state index is 0.467. The van der Waals surface area contributed by atoms with Crippen molar-refractivity contribution in [3.05, 3.63) is 11.1 Å². The van der Waals surface area contributed by atoms with Crippen molar-refractivity contribution in [2.75, 3.05) is 20.1 Å². The van der Waals surface area contributed by atoms with E-state index in [9.17, 15) is 0 Å². The van der Waals surface area contributed by atoms with E-state index in [0.29, 0.717) is 19.0 Å². The van der Waals surface area contributed by atoms with Gasteiger partial charge in [-0.05, 0) is 0 Å². The summed E-state index contributed by atoms with van der Waals surface area (Å²) in [6.07, 6.45) is 5.07. The molecule has 12 heavy (non-hydrogen) atoms. The fourth-order valence-corrected chi connectivity index (χ4v) is 0.675. The minimum Gasteiger partial charge on any atom is -0.352 e. The molecule has 0 saturated carbocycles. The number of guanidine groups is 1. The summed E-state index contributed by atoms with van der Waals surface area (Å²) in [7, 11) is 1.68. The summed E-state index contributed by atoms with van der Waals surface area (Å²) in [6.45, 7) is 4.77. The largest absolute Gasteiger partial charge is 0.352 e. The average Bonchev–Trinajstić information content (AvgIpc) is 2.05. The predicted molar refractivity (Wildman–Crippen MR) is 56.3 cm³/mol. The average molecular weight is 230 g/mol. The molecular weight excluding hydrogens is 218 g/mol. The standard InChI is InChI=1S/C8H12BrN3/c1-4-5-11-8(10-3)12-6-7(2)9/h1H,2,5-6H2,3H3,(H2,10,11,12). The molecule has 4 heteroatoms. The van der Waals surface area contributed by atoms with Gasteiger partial charge in [0.1, 0.15) is 0 Å². The van der Waals surface area contributed by atoms with Gasteiger partial charge in [0.25, 0.3) is 0 Å².